The highest BCUT2D eigenvalue weighted by molar-refractivity contribution is 9.10. The lowest BCUT2D eigenvalue weighted by Crippen LogP contribution is -2.41. The summed E-state index contributed by atoms with van der Waals surface area (Å²) in [7, 11) is 0. The second kappa shape index (κ2) is 6.55. The zero-order valence-corrected chi connectivity index (χ0v) is 15.3. The summed E-state index contributed by atoms with van der Waals surface area (Å²) in [6.45, 7) is 0.438. The van der Waals surface area contributed by atoms with E-state index >= 15 is 0 Å². The number of fused-ring (bicyclic) bond motifs is 1. The smallest absolute Gasteiger partial charge is 0.291 e. The SMILES string of the molecule is O=C1C(=O)N(CN(Cc2ccc(F)cc2F)C2CC2)c2cc(Br)ccc21. The fourth-order valence-electron chi connectivity index (χ4n) is 3.19. The summed E-state index contributed by atoms with van der Waals surface area (Å²) in [5.41, 5.74) is 1.30. The van der Waals surface area contributed by atoms with Gasteiger partial charge in [0.1, 0.15) is 11.6 Å². The maximum atomic E-state index is 14.0. The van der Waals surface area contributed by atoms with E-state index in [0.717, 1.165) is 23.4 Å². The van der Waals surface area contributed by atoms with Crippen molar-refractivity contribution in [2.24, 2.45) is 0 Å². The first kappa shape index (κ1) is 17.3. The van der Waals surface area contributed by atoms with Gasteiger partial charge in [0.15, 0.2) is 0 Å². The fourth-order valence-corrected chi connectivity index (χ4v) is 3.54. The molecule has 0 N–H and O–H groups in total. The highest BCUT2D eigenvalue weighted by atomic mass is 79.9. The number of hydrogen-bond acceptors (Lipinski definition) is 3. The van der Waals surface area contributed by atoms with Crippen LogP contribution in [0.15, 0.2) is 40.9 Å². The zero-order valence-electron chi connectivity index (χ0n) is 13.7. The van der Waals surface area contributed by atoms with Crippen LogP contribution in [-0.4, -0.2) is 29.3 Å². The van der Waals surface area contributed by atoms with Crippen LogP contribution in [0, 0.1) is 11.6 Å². The van der Waals surface area contributed by atoms with Crippen molar-refractivity contribution in [2.45, 2.75) is 25.4 Å². The Morgan fingerprint density at radius 2 is 1.88 bits per heavy atom. The molecule has 1 amide bonds. The number of amides is 1. The van der Waals surface area contributed by atoms with E-state index in [0.29, 0.717) is 16.8 Å². The van der Waals surface area contributed by atoms with Crippen molar-refractivity contribution >= 4 is 33.3 Å². The summed E-state index contributed by atoms with van der Waals surface area (Å²) in [4.78, 5) is 28.0. The number of nitrogens with zero attached hydrogens (tertiary/aromatic N) is 2. The first-order valence-electron chi connectivity index (χ1n) is 8.28. The predicted octanol–water partition coefficient (Wildman–Crippen LogP) is 3.88. The van der Waals surface area contributed by atoms with Gasteiger partial charge in [0.25, 0.3) is 5.78 Å². The van der Waals surface area contributed by atoms with E-state index in [4.69, 9.17) is 0 Å². The molecule has 0 saturated heterocycles. The van der Waals surface area contributed by atoms with Crippen molar-refractivity contribution < 1.29 is 18.4 Å². The molecule has 0 unspecified atom stereocenters. The molecule has 1 aliphatic carbocycles. The van der Waals surface area contributed by atoms with Crippen LogP contribution in [0.3, 0.4) is 0 Å². The number of benzene rings is 2. The summed E-state index contributed by atoms with van der Waals surface area (Å²) >= 11 is 3.36. The maximum Gasteiger partial charge on any atom is 0.300 e. The molecule has 2 aromatic rings. The number of carbonyl (C=O) groups excluding carboxylic acids is 2. The normalized spacial score (nSPS) is 16.5. The summed E-state index contributed by atoms with van der Waals surface area (Å²) in [6.07, 6.45) is 1.90. The predicted molar refractivity (Wildman–Crippen MR) is 95.7 cm³/mol. The van der Waals surface area contributed by atoms with Gasteiger partial charge >= 0.3 is 5.91 Å². The Bertz CT molecular complexity index is 914. The van der Waals surface area contributed by atoms with E-state index in [1.165, 1.54) is 17.0 Å². The molecule has 7 heteroatoms. The molecular formula is C19H15BrF2N2O2. The lowest BCUT2D eigenvalue weighted by Gasteiger charge is -2.28. The van der Waals surface area contributed by atoms with Gasteiger partial charge in [-0.2, -0.15) is 0 Å². The standard InChI is InChI=1S/C19H15BrF2N2O2/c20-12-2-6-15-17(7-12)24(19(26)18(15)25)10-23(14-4-5-14)9-11-1-3-13(21)8-16(11)22/h1-3,6-8,14H,4-5,9-10H2. The Kier molecular flexibility index (Phi) is 4.36. The molecule has 0 aromatic heterocycles. The number of rotatable bonds is 5. The molecule has 2 aromatic carbocycles. The minimum Gasteiger partial charge on any atom is -0.291 e. The van der Waals surface area contributed by atoms with E-state index in [-0.39, 0.29) is 19.3 Å². The van der Waals surface area contributed by atoms with E-state index in [1.807, 2.05) is 4.90 Å². The van der Waals surface area contributed by atoms with Gasteiger partial charge in [-0.3, -0.25) is 19.4 Å². The maximum absolute atomic E-state index is 14.0. The Morgan fingerprint density at radius 1 is 1.12 bits per heavy atom. The minimum absolute atomic E-state index is 0.190. The van der Waals surface area contributed by atoms with Gasteiger partial charge in [-0.25, -0.2) is 8.78 Å². The molecule has 2 aliphatic rings. The highest BCUT2D eigenvalue weighted by Gasteiger charge is 2.39. The Morgan fingerprint density at radius 3 is 2.58 bits per heavy atom. The molecule has 0 atom stereocenters. The zero-order chi connectivity index (χ0) is 18.4. The largest absolute Gasteiger partial charge is 0.300 e. The minimum atomic E-state index is -0.622. The van der Waals surface area contributed by atoms with Crippen LogP contribution in [0.2, 0.25) is 0 Å². The summed E-state index contributed by atoms with van der Waals surface area (Å²) in [5, 5.41) is 0. The van der Waals surface area contributed by atoms with E-state index in [1.54, 1.807) is 18.2 Å². The Balaban J connectivity index is 1.61. The van der Waals surface area contributed by atoms with Crippen LogP contribution >= 0.6 is 15.9 Å². The van der Waals surface area contributed by atoms with Crippen molar-refractivity contribution in [3.8, 4) is 0 Å². The molecule has 1 fully saturated rings. The second-order valence-corrected chi connectivity index (χ2v) is 7.49. The van der Waals surface area contributed by atoms with Crippen LogP contribution < -0.4 is 4.90 Å². The third kappa shape index (κ3) is 3.17. The lowest BCUT2D eigenvalue weighted by molar-refractivity contribution is -0.114. The van der Waals surface area contributed by atoms with Gasteiger partial charge in [0, 0.05) is 28.7 Å². The number of halogens is 3. The third-order valence-corrected chi connectivity index (χ3v) is 5.20. The van der Waals surface area contributed by atoms with Crippen LogP contribution in [0.5, 0.6) is 0 Å². The molecule has 1 saturated carbocycles. The average Bonchev–Trinajstić information content (AvgIpc) is 3.41. The molecule has 0 bridgehead atoms. The summed E-state index contributed by atoms with van der Waals surface area (Å²) in [5.74, 6) is -2.34. The lowest BCUT2D eigenvalue weighted by atomic mass is 10.1. The first-order chi connectivity index (χ1) is 12.4. The molecule has 4 nitrogen and oxygen atoms in total. The van der Waals surface area contributed by atoms with Gasteiger partial charge in [-0.1, -0.05) is 22.0 Å². The van der Waals surface area contributed by atoms with Gasteiger partial charge in [-0.15, -0.1) is 0 Å². The van der Waals surface area contributed by atoms with Crippen molar-refractivity contribution in [1.82, 2.24) is 4.90 Å². The number of ketones is 1. The Hall–Kier alpha value is -2.12. The van der Waals surface area contributed by atoms with Crippen molar-refractivity contribution in [3.05, 3.63) is 63.6 Å². The van der Waals surface area contributed by atoms with Crippen LogP contribution in [0.1, 0.15) is 28.8 Å². The second-order valence-electron chi connectivity index (χ2n) is 6.58. The number of anilines is 1. The molecule has 1 heterocycles. The number of Topliss-reactive ketones (excluding diaryl/α,β-unsaturated/α-hetero) is 1. The topological polar surface area (TPSA) is 40.6 Å². The first-order valence-corrected chi connectivity index (χ1v) is 9.07. The molecule has 1 aliphatic heterocycles. The molecule has 134 valence electrons. The van der Waals surface area contributed by atoms with Crippen LogP contribution in [0.4, 0.5) is 14.5 Å². The van der Waals surface area contributed by atoms with E-state index < -0.39 is 23.3 Å². The molecule has 0 spiro atoms. The molecule has 4 rings (SSSR count). The van der Waals surface area contributed by atoms with Crippen LogP contribution in [0.25, 0.3) is 0 Å². The highest BCUT2D eigenvalue weighted by Crippen LogP contribution is 2.35. The van der Waals surface area contributed by atoms with Crippen molar-refractivity contribution in [1.29, 1.82) is 0 Å². The average molecular weight is 421 g/mol. The van der Waals surface area contributed by atoms with Gasteiger partial charge < -0.3 is 0 Å². The molecular weight excluding hydrogens is 406 g/mol. The summed E-state index contributed by atoms with van der Waals surface area (Å²) < 4.78 is 27.9. The van der Waals surface area contributed by atoms with Gasteiger partial charge in [-0.05, 0) is 37.1 Å². The third-order valence-electron chi connectivity index (χ3n) is 4.71. The van der Waals surface area contributed by atoms with Crippen molar-refractivity contribution in [3.63, 3.8) is 0 Å². The number of carbonyl (C=O) groups is 2. The number of hydrogen-bond donors (Lipinski definition) is 0. The summed E-state index contributed by atoms with van der Waals surface area (Å²) in [6, 6.07) is 8.81. The van der Waals surface area contributed by atoms with Crippen LogP contribution in [-0.2, 0) is 11.3 Å². The monoisotopic (exact) mass is 420 g/mol. The van der Waals surface area contributed by atoms with Crippen molar-refractivity contribution in [2.75, 3.05) is 11.6 Å². The van der Waals surface area contributed by atoms with Gasteiger partial charge in [0.2, 0.25) is 0 Å². The van der Waals surface area contributed by atoms with E-state index in [2.05, 4.69) is 15.9 Å². The van der Waals surface area contributed by atoms with E-state index in [9.17, 15) is 18.4 Å². The van der Waals surface area contributed by atoms with Gasteiger partial charge in [0.05, 0.1) is 17.9 Å². The Labute approximate surface area is 157 Å². The quantitative estimate of drug-likeness (QED) is 0.689. The fraction of sp³-hybridized carbons (Fsp3) is 0.263. The molecule has 0 radical (unpaired) electrons. The molecule has 26 heavy (non-hydrogen) atoms.